The molecular formula is C60H38N2O2. The van der Waals surface area contributed by atoms with E-state index in [1.807, 2.05) is 24.3 Å². The molecule has 0 aliphatic carbocycles. The summed E-state index contributed by atoms with van der Waals surface area (Å²) in [7, 11) is 0. The Bertz CT molecular complexity index is 3750. The van der Waals surface area contributed by atoms with Gasteiger partial charge < -0.3 is 18.6 Å². The van der Waals surface area contributed by atoms with Crippen LogP contribution in [-0.4, -0.2) is 4.57 Å². The highest BCUT2D eigenvalue weighted by molar-refractivity contribution is 6.13. The molecule has 0 N–H and O–H groups in total. The molecule has 12 aromatic rings. The van der Waals surface area contributed by atoms with Gasteiger partial charge in [-0.3, -0.25) is 0 Å². The van der Waals surface area contributed by atoms with Gasteiger partial charge in [-0.05, 0) is 100 Å². The molecule has 1 aliphatic heterocycles. The maximum absolute atomic E-state index is 6.64. The number of aromatic nitrogens is 1. The van der Waals surface area contributed by atoms with Gasteiger partial charge in [0.2, 0.25) is 0 Å². The zero-order chi connectivity index (χ0) is 42.1. The van der Waals surface area contributed by atoms with Gasteiger partial charge in [-0.15, -0.1) is 0 Å². The Kier molecular flexibility index (Phi) is 8.18. The van der Waals surface area contributed by atoms with E-state index in [-0.39, 0.29) is 0 Å². The van der Waals surface area contributed by atoms with Crippen LogP contribution >= 0.6 is 0 Å². The molecule has 3 heterocycles. The minimum Gasteiger partial charge on any atom is -0.455 e. The summed E-state index contributed by atoms with van der Waals surface area (Å²) in [5.74, 6) is 1.74. The van der Waals surface area contributed by atoms with E-state index in [0.717, 1.165) is 95.0 Å². The summed E-state index contributed by atoms with van der Waals surface area (Å²) in [4.78, 5) is 2.38. The van der Waals surface area contributed by atoms with Crippen LogP contribution in [-0.2, 0) is 0 Å². The number of para-hydroxylation sites is 6. The first-order valence-electron chi connectivity index (χ1n) is 21.7. The Morgan fingerprint density at radius 3 is 1.81 bits per heavy atom. The van der Waals surface area contributed by atoms with E-state index in [1.165, 1.54) is 27.5 Å². The highest BCUT2D eigenvalue weighted by Crippen LogP contribution is 2.48. The van der Waals surface area contributed by atoms with Crippen molar-refractivity contribution >= 4 is 60.8 Å². The van der Waals surface area contributed by atoms with E-state index in [2.05, 4.69) is 216 Å². The standard InChI is InChI=1S/C60H38N2O2/c1-2-13-39(14-3-1)40-27-29-41(30-28-40)42-31-34-45(35-32-42)61(53-22-6-4-17-47(53)50-20-11-21-51-48-18-5-8-24-56(48)64-60(50)51)46-16-10-15-43(37-46)44-33-36-54-52(38-44)49-19-12-26-58-59(49)62(54)55-23-7-9-25-57(55)63-58/h1-38H. The molecular weight excluding hydrogens is 781 g/mol. The highest BCUT2D eigenvalue weighted by Gasteiger charge is 2.25. The molecule has 2 aromatic heterocycles. The van der Waals surface area contributed by atoms with Crippen LogP contribution in [0.5, 0.6) is 11.5 Å². The lowest BCUT2D eigenvalue weighted by atomic mass is 9.98. The topological polar surface area (TPSA) is 30.5 Å². The average Bonchev–Trinajstić information content (AvgIpc) is 3.92. The fourth-order valence-electron chi connectivity index (χ4n) is 9.79. The first-order chi connectivity index (χ1) is 31.7. The number of anilines is 3. The van der Waals surface area contributed by atoms with Crippen molar-refractivity contribution in [3.05, 3.63) is 231 Å². The van der Waals surface area contributed by atoms with Crippen LogP contribution < -0.4 is 9.64 Å². The van der Waals surface area contributed by atoms with Crippen molar-refractivity contribution in [1.29, 1.82) is 0 Å². The van der Waals surface area contributed by atoms with Gasteiger partial charge in [-0.2, -0.15) is 0 Å². The molecule has 64 heavy (non-hydrogen) atoms. The molecule has 0 amide bonds. The SMILES string of the molecule is c1ccc(-c2ccc(-c3ccc(N(c4cccc(-c5ccc6c(c5)c5cccc7c5n6-c5ccccc5O7)c4)c4ccccc4-c4cccc5c4oc4ccccc45)cc3)cc2)cc1. The fourth-order valence-corrected chi connectivity index (χ4v) is 9.79. The van der Waals surface area contributed by atoms with Crippen molar-refractivity contribution < 1.29 is 9.15 Å². The second-order valence-electron chi connectivity index (χ2n) is 16.5. The Morgan fingerprint density at radius 2 is 0.953 bits per heavy atom. The molecule has 10 aromatic carbocycles. The van der Waals surface area contributed by atoms with Gasteiger partial charge in [0.05, 0.1) is 22.4 Å². The van der Waals surface area contributed by atoms with Gasteiger partial charge in [0.15, 0.2) is 11.5 Å². The first-order valence-corrected chi connectivity index (χ1v) is 21.7. The molecule has 4 nitrogen and oxygen atoms in total. The second-order valence-corrected chi connectivity index (χ2v) is 16.5. The van der Waals surface area contributed by atoms with Gasteiger partial charge in [-0.1, -0.05) is 164 Å². The van der Waals surface area contributed by atoms with E-state index < -0.39 is 0 Å². The maximum Gasteiger partial charge on any atom is 0.152 e. The Labute approximate surface area is 370 Å². The second kappa shape index (κ2) is 14.5. The zero-order valence-electron chi connectivity index (χ0n) is 34.7. The molecule has 300 valence electrons. The van der Waals surface area contributed by atoms with Crippen LogP contribution in [0.3, 0.4) is 0 Å². The van der Waals surface area contributed by atoms with Gasteiger partial charge in [0.25, 0.3) is 0 Å². The molecule has 0 saturated heterocycles. The number of nitrogens with zero attached hydrogens (tertiary/aromatic N) is 2. The summed E-state index contributed by atoms with van der Waals surface area (Å²) in [6, 6.07) is 82.2. The predicted molar refractivity (Wildman–Crippen MR) is 265 cm³/mol. The fraction of sp³-hybridized carbons (Fsp3) is 0. The van der Waals surface area contributed by atoms with Crippen molar-refractivity contribution in [1.82, 2.24) is 4.57 Å². The van der Waals surface area contributed by atoms with Gasteiger partial charge >= 0.3 is 0 Å². The Morgan fingerprint density at radius 1 is 0.359 bits per heavy atom. The van der Waals surface area contributed by atoms with Crippen LogP contribution in [0.4, 0.5) is 17.1 Å². The number of fused-ring (bicyclic) bond motifs is 8. The number of benzene rings is 10. The number of ether oxygens (including phenoxy) is 1. The van der Waals surface area contributed by atoms with Crippen LogP contribution in [0.15, 0.2) is 235 Å². The monoisotopic (exact) mass is 818 g/mol. The lowest BCUT2D eigenvalue weighted by molar-refractivity contribution is 0.476. The van der Waals surface area contributed by atoms with Gasteiger partial charge in [0.1, 0.15) is 11.2 Å². The van der Waals surface area contributed by atoms with Crippen LogP contribution in [0.25, 0.3) is 93.9 Å². The van der Waals surface area contributed by atoms with E-state index in [4.69, 9.17) is 9.15 Å². The van der Waals surface area contributed by atoms with Gasteiger partial charge in [-0.25, -0.2) is 0 Å². The lowest BCUT2D eigenvalue weighted by Crippen LogP contribution is -2.11. The molecule has 1 aliphatic rings. The van der Waals surface area contributed by atoms with E-state index in [0.29, 0.717) is 0 Å². The normalized spacial score (nSPS) is 11.9. The third-order valence-electron chi connectivity index (χ3n) is 12.8. The van der Waals surface area contributed by atoms with Crippen LogP contribution in [0.1, 0.15) is 0 Å². The Balaban J connectivity index is 0.956. The molecule has 0 bridgehead atoms. The van der Waals surface area contributed by atoms with E-state index >= 15 is 0 Å². The third kappa shape index (κ3) is 5.77. The molecule has 0 atom stereocenters. The van der Waals surface area contributed by atoms with Gasteiger partial charge in [0, 0.05) is 44.0 Å². The lowest BCUT2D eigenvalue weighted by Gasteiger charge is -2.28. The molecule has 13 rings (SSSR count). The van der Waals surface area contributed by atoms with Crippen molar-refractivity contribution in [2.75, 3.05) is 4.90 Å². The molecule has 0 fully saturated rings. The van der Waals surface area contributed by atoms with Crippen molar-refractivity contribution in [3.8, 4) is 61.7 Å². The minimum atomic E-state index is 0.864. The first kappa shape index (κ1) is 36.1. The van der Waals surface area contributed by atoms with E-state index in [9.17, 15) is 0 Å². The quantitative estimate of drug-likeness (QED) is 0.160. The summed E-state index contributed by atoms with van der Waals surface area (Å²) in [5, 5.41) is 4.58. The minimum absolute atomic E-state index is 0.864. The highest BCUT2D eigenvalue weighted by atomic mass is 16.5. The van der Waals surface area contributed by atoms with Crippen molar-refractivity contribution in [2.45, 2.75) is 0 Å². The van der Waals surface area contributed by atoms with Crippen LogP contribution in [0.2, 0.25) is 0 Å². The summed E-state index contributed by atoms with van der Waals surface area (Å²) < 4.78 is 15.4. The summed E-state index contributed by atoms with van der Waals surface area (Å²) in [6.07, 6.45) is 0. The van der Waals surface area contributed by atoms with Crippen molar-refractivity contribution in [3.63, 3.8) is 0 Å². The van der Waals surface area contributed by atoms with E-state index in [1.54, 1.807) is 0 Å². The summed E-state index contributed by atoms with van der Waals surface area (Å²) in [5.41, 5.74) is 17.4. The average molecular weight is 819 g/mol. The summed E-state index contributed by atoms with van der Waals surface area (Å²) >= 11 is 0. The number of hydrogen-bond acceptors (Lipinski definition) is 3. The molecule has 0 unspecified atom stereocenters. The molecule has 0 spiro atoms. The number of furan rings is 1. The largest absolute Gasteiger partial charge is 0.455 e. The Hall–Kier alpha value is -8.60. The molecule has 4 heteroatoms. The third-order valence-corrected chi connectivity index (χ3v) is 12.8. The maximum atomic E-state index is 6.64. The molecule has 0 saturated carbocycles. The van der Waals surface area contributed by atoms with Crippen molar-refractivity contribution in [2.24, 2.45) is 0 Å². The smallest absolute Gasteiger partial charge is 0.152 e. The summed E-state index contributed by atoms with van der Waals surface area (Å²) in [6.45, 7) is 0. The zero-order valence-corrected chi connectivity index (χ0v) is 34.7. The predicted octanol–water partition coefficient (Wildman–Crippen LogP) is 16.9. The number of hydrogen-bond donors (Lipinski definition) is 0. The number of rotatable bonds is 7. The molecule has 0 radical (unpaired) electrons. The van der Waals surface area contributed by atoms with Crippen LogP contribution in [0, 0.1) is 0 Å².